The zero-order valence-corrected chi connectivity index (χ0v) is 45.5. The minimum absolute atomic E-state index is 0.0669. The van der Waals surface area contributed by atoms with Crippen molar-refractivity contribution in [1.82, 2.24) is 0 Å². The second-order valence-corrected chi connectivity index (χ2v) is 22.3. The van der Waals surface area contributed by atoms with Gasteiger partial charge in [0.25, 0.3) is 0 Å². The van der Waals surface area contributed by atoms with Gasteiger partial charge < -0.3 is 39.9 Å². The number of hydrogen-bond acceptors (Lipinski definition) is 11. The van der Waals surface area contributed by atoms with Gasteiger partial charge >= 0.3 is 13.8 Å². The summed E-state index contributed by atoms with van der Waals surface area (Å²) in [6.45, 7) is 4.34. The zero-order chi connectivity index (χ0) is 50.5. The topological polar surface area (TPSA) is 192 Å². The number of aliphatic hydroxyl groups excluding tert-OH is 5. The van der Waals surface area contributed by atoms with Crippen LogP contribution in [0.15, 0.2) is 0 Å². The number of rotatable bonds is 52. The smallest absolute Gasteiger partial charge is 0.457 e. The highest BCUT2D eigenvalue weighted by atomic mass is 31.2. The van der Waals surface area contributed by atoms with E-state index in [4.69, 9.17) is 18.5 Å². The molecule has 0 spiro atoms. The number of carbonyl (C=O) groups excluding carboxylic acids is 1. The van der Waals surface area contributed by atoms with Gasteiger partial charge in [0.1, 0.15) is 42.7 Å². The highest BCUT2D eigenvalue weighted by molar-refractivity contribution is 7.47. The molecule has 0 bridgehead atoms. The van der Waals surface area contributed by atoms with Crippen LogP contribution in [0.2, 0.25) is 0 Å². The molecular weight excluding hydrogens is 896 g/mol. The Morgan fingerprint density at radius 2 is 0.681 bits per heavy atom. The molecular formula is C56H111O12P. The molecule has 6 unspecified atom stereocenters. The van der Waals surface area contributed by atoms with Gasteiger partial charge in [-0.2, -0.15) is 0 Å². The van der Waals surface area contributed by atoms with Gasteiger partial charge in [-0.1, -0.05) is 271 Å². The third-order valence-corrected chi connectivity index (χ3v) is 15.2. The lowest BCUT2D eigenvalue weighted by molar-refractivity contribution is -0.220. The molecule has 0 aromatic carbocycles. The number of ether oxygens (including phenoxy) is 2. The summed E-state index contributed by atoms with van der Waals surface area (Å²) in [6.07, 6.45) is 41.8. The van der Waals surface area contributed by atoms with Crippen molar-refractivity contribution in [3.05, 3.63) is 0 Å². The SMILES string of the molecule is CCCCCCCCCCCCCCCCCCCCCCCCCOCC(COP(=O)(O)OC1C(O)C(O)C(O)C(O)C1O)OC(=O)CCCCCCCCCCCCCCCCCCCCC. The molecule has 0 saturated heterocycles. The number of carbonyl (C=O) groups is 1. The summed E-state index contributed by atoms with van der Waals surface area (Å²) in [7, 11) is -5.02. The van der Waals surface area contributed by atoms with Gasteiger partial charge in [-0.3, -0.25) is 13.8 Å². The van der Waals surface area contributed by atoms with Crippen LogP contribution in [0, 0.1) is 0 Å². The Kier molecular flexibility index (Phi) is 45.3. The summed E-state index contributed by atoms with van der Waals surface area (Å²) in [4.78, 5) is 23.3. The molecule has 0 radical (unpaired) electrons. The Labute approximate surface area is 423 Å². The van der Waals surface area contributed by atoms with Crippen LogP contribution < -0.4 is 0 Å². The summed E-state index contributed by atoms with van der Waals surface area (Å²) in [5, 5.41) is 50.4. The quantitative estimate of drug-likeness (QED) is 0.0192. The van der Waals surface area contributed by atoms with E-state index in [1.807, 2.05) is 0 Å². The van der Waals surface area contributed by atoms with E-state index in [9.17, 15) is 39.8 Å². The van der Waals surface area contributed by atoms with Crippen LogP contribution in [-0.4, -0.2) is 98.9 Å². The lowest BCUT2D eigenvalue weighted by Gasteiger charge is -2.41. The monoisotopic (exact) mass is 1010 g/mol. The van der Waals surface area contributed by atoms with Crippen molar-refractivity contribution in [2.75, 3.05) is 19.8 Å². The Balaban J connectivity index is 2.25. The minimum Gasteiger partial charge on any atom is -0.457 e. The molecule has 0 aromatic rings. The Bertz CT molecular complexity index is 1150. The first kappa shape index (κ1) is 66.4. The van der Waals surface area contributed by atoms with E-state index in [0.717, 1.165) is 38.5 Å². The van der Waals surface area contributed by atoms with Gasteiger partial charge in [-0.25, -0.2) is 4.57 Å². The van der Waals surface area contributed by atoms with Gasteiger partial charge in [0, 0.05) is 13.0 Å². The first-order valence-corrected chi connectivity index (χ1v) is 30.9. The van der Waals surface area contributed by atoms with Crippen molar-refractivity contribution < 1.29 is 58.3 Å². The molecule has 13 heteroatoms. The van der Waals surface area contributed by atoms with E-state index in [2.05, 4.69) is 13.8 Å². The average molecular weight is 1010 g/mol. The van der Waals surface area contributed by atoms with Crippen molar-refractivity contribution in [3.8, 4) is 0 Å². The van der Waals surface area contributed by atoms with E-state index >= 15 is 0 Å². The fourth-order valence-corrected chi connectivity index (χ4v) is 10.6. The second kappa shape index (κ2) is 47.1. The number of unbranched alkanes of at least 4 members (excludes halogenated alkanes) is 40. The number of esters is 1. The average Bonchev–Trinajstić information content (AvgIpc) is 3.34. The molecule has 6 atom stereocenters. The Hall–Kier alpha value is -0.660. The fourth-order valence-electron chi connectivity index (χ4n) is 9.60. The number of aliphatic hydroxyl groups is 5. The van der Waals surface area contributed by atoms with E-state index in [1.165, 1.54) is 225 Å². The molecule has 0 amide bonds. The lowest BCUT2D eigenvalue weighted by atomic mass is 9.85. The van der Waals surface area contributed by atoms with Crippen molar-refractivity contribution in [2.45, 2.75) is 333 Å². The molecule has 1 aliphatic carbocycles. The molecule has 6 N–H and O–H groups in total. The Morgan fingerprint density at radius 1 is 0.406 bits per heavy atom. The third kappa shape index (κ3) is 38.6. The van der Waals surface area contributed by atoms with Crippen LogP contribution in [0.3, 0.4) is 0 Å². The highest BCUT2D eigenvalue weighted by Crippen LogP contribution is 2.47. The van der Waals surface area contributed by atoms with Gasteiger partial charge in [-0.15, -0.1) is 0 Å². The molecule has 0 aliphatic heterocycles. The maximum atomic E-state index is 12.9. The van der Waals surface area contributed by atoms with E-state index in [-0.39, 0.29) is 13.0 Å². The largest absolute Gasteiger partial charge is 0.472 e. The lowest BCUT2D eigenvalue weighted by Crippen LogP contribution is -2.64. The highest BCUT2D eigenvalue weighted by Gasteiger charge is 2.51. The predicted octanol–water partition coefficient (Wildman–Crippen LogP) is 14.0. The molecule has 1 saturated carbocycles. The van der Waals surface area contributed by atoms with Crippen LogP contribution in [0.4, 0.5) is 0 Å². The molecule has 12 nitrogen and oxygen atoms in total. The van der Waals surface area contributed by atoms with Crippen molar-refractivity contribution >= 4 is 13.8 Å². The Morgan fingerprint density at radius 3 is 1.00 bits per heavy atom. The molecule has 1 aliphatic rings. The van der Waals surface area contributed by atoms with Gasteiger partial charge in [0.05, 0.1) is 13.2 Å². The van der Waals surface area contributed by atoms with Gasteiger partial charge in [0.15, 0.2) is 0 Å². The second-order valence-electron chi connectivity index (χ2n) is 20.9. The van der Waals surface area contributed by atoms with E-state index in [0.29, 0.717) is 13.0 Å². The summed E-state index contributed by atoms with van der Waals surface area (Å²) in [6, 6.07) is 0. The fraction of sp³-hybridized carbons (Fsp3) is 0.982. The van der Waals surface area contributed by atoms with E-state index < -0.39 is 63.1 Å². The normalized spacial score (nSPS) is 20.9. The maximum Gasteiger partial charge on any atom is 0.472 e. The van der Waals surface area contributed by atoms with Crippen molar-refractivity contribution in [2.24, 2.45) is 0 Å². The van der Waals surface area contributed by atoms with Crippen molar-refractivity contribution in [3.63, 3.8) is 0 Å². The maximum absolute atomic E-state index is 12.9. The summed E-state index contributed by atoms with van der Waals surface area (Å²) in [5.74, 6) is -0.467. The predicted molar refractivity (Wildman–Crippen MR) is 281 cm³/mol. The summed E-state index contributed by atoms with van der Waals surface area (Å²) in [5.41, 5.74) is 0. The third-order valence-electron chi connectivity index (χ3n) is 14.2. The number of hydrogen-bond donors (Lipinski definition) is 6. The van der Waals surface area contributed by atoms with Crippen LogP contribution >= 0.6 is 7.82 Å². The van der Waals surface area contributed by atoms with Gasteiger partial charge in [0.2, 0.25) is 0 Å². The zero-order valence-electron chi connectivity index (χ0n) is 44.6. The standard InChI is InChI=1S/C56H111O12P/c1-3-5-7-9-11-13-15-17-19-21-23-24-25-26-28-30-32-34-36-38-40-42-44-46-65-47-49(48-66-69(63,64)68-56-54(61)52(59)51(58)53(60)55(56)62)67-50(57)45-43-41-39-37-35-33-31-29-27-22-20-18-16-14-12-10-8-6-4-2/h49,51-56,58-62H,3-48H2,1-2H3,(H,63,64). The van der Waals surface area contributed by atoms with Gasteiger partial charge in [-0.05, 0) is 12.8 Å². The molecule has 69 heavy (non-hydrogen) atoms. The molecule has 0 aromatic heterocycles. The first-order chi connectivity index (χ1) is 33.5. The molecule has 1 fully saturated rings. The van der Waals surface area contributed by atoms with Crippen molar-refractivity contribution in [1.29, 1.82) is 0 Å². The van der Waals surface area contributed by atoms with Crippen LogP contribution in [0.5, 0.6) is 0 Å². The number of phosphoric acid groups is 1. The summed E-state index contributed by atoms with van der Waals surface area (Å²) < 4.78 is 34.4. The summed E-state index contributed by atoms with van der Waals surface area (Å²) >= 11 is 0. The molecule has 0 heterocycles. The van der Waals surface area contributed by atoms with E-state index in [1.54, 1.807) is 0 Å². The van der Waals surface area contributed by atoms with Crippen LogP contribution in [0.1, 0.15) is 290 Å². The first-order valence-electron chi connectivity index (χ1n) is 29.4. The van der Waals surface area contributed by atoms with Crippen LogP contribution in [-0.2, 0) is 27.9 Å². The number of phosphoric ester groups is 1. The molecule has 412 valence electrons. The van der Waals surface area contributed by atoms with Crippen LogP contribution in [0.25, 0.3) is 0 Å². The molecule has 1 rings (SSSR count). The minimum atomic E-state index is -5.02.